The third-order valence-electron chi connectivity index (χ3n) is 4.37. The van der Waals surface area contributed by atoms with E-state index in [4.69, 9.17) is 10.5 Å². The van der Waals surface area contributed by atoms with Gasteiger partial charge in [-0.05, 0) is 63.1 Å². The number of hydrogen-bond acceptors (Lipinski definition) is 3. The molecule has 1 aliphatic heterocycles. The lowest BCUT2D eigenvalue weighted by molar-refractivity contribution is 0.279. The van der Waals surface area contributed by atoms with Crippen molar-refractivity contribution in [2.45, 2.75) is 57.0 Å². The Morgan fingerprint density at radius 3 is 2.30 bits per heavy atom. The first-order valence-corrected chi connectivity index (χ1v) is 7.62. The zero-order chi connectivity index (χ0) is 14.2. The van der Waals surface area contributed by atoms with Crippen molar-refractivity contribution >= 4 is 5.90 Å². The molecule has 3 rings (SSSR count). The molecule has 0 amide bonds. The molecule has 1 aliphatic carbocycles. The molecule has 2 N–H and O–H groups in total. The highest BCUT2D eigenvalue weighted by Gasteiger charge is 2.27. The standard InChI is InChI=1S/C17H24N2O/c1-17(2)11-20-16(19-17)14-5-3-12(4-6-14)13-7-9-15(18)10-8-13/h3-6,13,15H,7-11,18H2,1-2H3. The van der Waals surface area contributed by atoms with E-state index in [1.807, 2.05) is 0 Å². The van der Waals surface area contributed by atoms with E-state index in [1.54, 1.807) is 0 Å². The van der Waals surface area contributed by atoms with Gasteiger partial charge in [0.25, 0.3) is 0 Å². The van der Waals surface area contributed by atoms with Crippen LogP contribution in [0.1, 0.15) is 56.6 Å². The van der Waals surface area contributed by atoms with Crippen LogP contribution in [0.25, 0.3) is 0 Å². The molecule has 1 aromatic carbocycles. The zero-order valence-corrected chi connectivity index (χ0v) is 12.4. The summed E-state index contributed by atoms with van der Waals surface area (Å²) < 4.78 is 5.69. The predicted octanol–water partition coefficient (Wildman–Crippen LogP) is 3.23. The highest BCUT2D eigenvalue weighted by molar-refractivity contribution is 5.95. The van der Waals surface area contributed by atoms with Crippen LogP contribution >= 0.6 is 0 Å². The summed E-state index contributed by atoms with van der Waals surface area (Å²) in [5.41, 5.74) is 8.40. The van der Waals surface area contributed by atoms with E-state index in [0.717, 1.165) is 24.3 Å². The Hall–Kier alpha value is -1.35. The molecule has 0 atom stereocenters. The summed E-state index contributed by atoms with van der Waals surface area (Å²) in [7, 11) is 0. The Morgan fingerprint density at radius 2 is 1.75 bits per heavy atom. The van der Waals surface area contributed by atoms with Gasteiger partial charge in [-0.1, -0.05) is 12.1 Å². The molecule has 0 aromatic heterocycles. The first kappa shape index (κ1) is 13.6. The second-order valence-electron chi connectivity index (χ2n) is 6.75. The summed E-state index contributed by atoms with van der Waals surface area (Å²) in [6.45, 7) is 4.86. The lowest BCUT2D eigenvalue weighted by Crippen LogP contribution is -2.25. The first-order valence-electron chi connectivity index (χ1n) is 7.62. The van der Waals surface area contributed by atoms with Gasteiger partial charge in [-0.3, -0.25) is 0 Å². The Labute approximate surface area is 121 Å². The van der Waals surface area contributed by atoms with Gasteiger partial charge >= 0.3 is 0 Å². The van der Waals surface area contributed by atoms with Crippen LogP contribution in [0.3, 0.4) is 0 Å². The minimum absolute atomic E-state index is 0.0898. The van der Waals surface area contributed by atoms with Gasteiger partial charge in [0, 0.05) is 11.6 Å². The minimum Gasteiger partial charge on any atom is -0.475 e. The van der Waals surface area contributed by atoms with Gasteiger partial charge < -0.3 is 10.5 Å². The first-order chi connectivity index (χ1) is 9.53. The monoisotopic (exact) mass is 272 g/mol. The number of benzene rings is 1. The molecule has 0 bridgehead atoms. The summed E-state index contributed by atoms with van der Waals surface area (Å²) >= 11 is 0. The van der Waals surface area contributed by atoms with Crippen LogP contribution in [0.4, 0.5) is 0 Å². The lowest BCUT2D eigenvalue weighted by atomic mass is 9.82. The van der Waals surface area contributed by atoms with Gasteiger partial charge in [0.15, 0.2) is 0 Å². The third kappa shape index (κ3) is 2.88. The van der Waals surface area contributed by atoms with Crippen molar-refractivity contribution in [1.82, 2.24) is 0 Å². The quantitative estimate of drug-likeness (QED) is 0.898. The molecule has 1 aromatic rings. The zero-order valence-electron chi connectivity index (χ0n) is 12.4. The molecular weight excluding hydrogens is 248 g/mol. The molecule has 1 saturated carbocycles. The van der Waals surface area contributed by atoms with Crippen molar-refractivity contribution in [2.75, 3.05) is 6.61 Å². The number of nitrogens with two attached hydrogens (primary N) is 1. The molecule has 1 fully saturated rings. The fourth-order valence-electron chi connectivity index (χ4n) is 3.08. The van der Waals surface area contributed by atoms with Gasteiger partial charge in [0.2, 0.25) is 5.90 Å². The van der Waals surface area contributed by atoms with Crippen LogP contribution in [0.5, 0.6) is 0 Å². The van der Waals surface area contributed by atoms with Gasteiger partial charge in [0.1, 0.15) is 6.61 Å². The maximum atomic E-state index is 5.97. The molecule has 2 aliphatic rings. The van der Waals surface area contributed by atoms with Crippen molar-refractivity contribution in [3.8, 4) is 0 Å². The topological polar surface area (TPSA) is 47.6 Å². The van der Waals surface area contributed by atoms with E-state index in [0.29, 0.717) is 18.6 Å². The Kier molecular flexibility index (Phi) is 3.55. The van der Waals surface area contributed by atoms with E-state index in [2.05, 4.69) is 43.1 Å². The second kappa shape index (κ2) is 5.21. The van der Waals surface area contributed by atoms with Gasteiger partial charge in [-0.25, -0.2) is 4.99 Å². The average molecular weight is 272 g/mol. The number of ether oxygens (including phenoxy) is 1. The van der Waals surface area contributed by atoms with Gasteiger partial charge in [0.05, 0.1) is 5.54 Å². The van der Waals surface area contributed by atoms with E-state index >= 15 is 0 Å². The minimum atomic E-state index is -0.0898. The fraction of sp³-hybridized carbons (Fsp3) is 0.588. The molecule has 0 radical (unpaired) electrons. The van der Waals surface area contributed by atoms with Crippen molar-refractivity contribution in [1.29, 1.82) is 0 Å². The van der Waals surface area contributed by atoms with Crippen molar-refractivity contribution < 1.29 is 4.74 Å². The number of rotatable bonds is 2. The fourth-order valence-corrected chi connectivity index (χ4v) is 3.08. The smallest absolute Gasteiger partial charge is 0.216 e. The van der Waals surface area contributed by atoms with Crippen molar-refractivity contribution in [3.05, 3.63) is 35.4 Å². The molecular formula is C17H24N2O. The Bertz CT molecular complexity index is 496. The predicted molar refractivity (Wildman–Crippen MR) is 82.2 cm³/mol. The van der Waals surface area contributed by atoms with E-state index in [-0.39, 0.29) is 5.54 Å². The maximum absolute atomic E-state index is 5.97. The molecule has 0 spiro atoms. The molecule has 3 nitrogen and oxygen atoms in total. The number of nitrogens with zero attached hydrogens (tertiary/aromatic N) is 1. The maximum Gasteiger partial charge on any atom is 0.216 e. The largest absolute Gasteiger partial charge is 0.475 e. The molecule has 1 heterocycles. The molecule has 3 heteroatoms. The summed E-state index contributed by atoms with van der Waals surface area (Å²) in [6, 6.07) is 9.16. The van der Waals surface area contributed by atoms with Crippen molar-refractivity contribution in [2.24, 2.45) is 10.7 Å². The molecule has 0 unspecified atom stereocenters. The van der Waals surface area contributed by atoms with E-state index < -0.39 is 0 Å². The number of aliphatic imine (C=N–C) groups is 1. The lowest BCUT2D eigenvalue weighted by Gasteiger charge is -2.26. The highest BCUT2D eigenvalue weighted by Crippen LogP contribution is 2.32. The third-order valence-corrected chi connectivity index (χ3v) is 4.37. The van der Waals surface area contributed by atoms with Crippen LogP contribution in [-0.2, 0) is 4.74 Å². The average Bonchev–Trinajstić information content (AvgIpc) is 2.80. The number of hydrogen-bond donors (Lipinski definition) is 1. The van der Waals surface area contributed by atoms with Crippen LogP contribution in [0.15, 0.2) is 29.3 Å². The van der Waals surface area contributed by atoms with Gasteiger partial charge in [-0.2, -0.15) is 0 Å². The normalized spacial score (nSPS) is 28.9. The van der Waals surface area contributed by atoms with Gasteiger partial charge in [-0.15, -0.1) is 0 Å². The SMILES string of the molecule is CC1(C)COC(c2ccc(C3CCC(N)CC3)cc2)=N1. The summed E-state index contributed by atoms with van der Waals surface area (Å²) in [4.78, 5) is 4.62. The Morgan fingerprint density at radius 1 is 1.10 bits per heavy atom. The van der Waals surface area contributed by atoms with Crippen LogP contribution in [0.2, 0.25) is 0 Å². The summed E-state index contributed by atoms with van der Waals surface area (Å²) in [5.74, 6) is 1.46. The van der Waals surface area contributed by atoms with Crippen LogP contribution in [0, 0.1) is 0 Å². The second-order valence-corrected chi connectivity index (χ2v) is 6.75. The van der Waals surface area contributed by atoms with Crippen molar-refractivity contribution in [3.63, 3.8) is 0 Å². The molecule has 20 heavy (non-hydrogen) atoms. The summed E-state index contributed by atoms with van der Waals surface area (Å²) in [5, 5.41) is 0. The van der Waals surface area contributed by atoms with Crippen LogP contribution < -0.4 is 5.73 Å². The van der Waals surface area contributed by atoms with E-state index in [1.165, 1.54) is 18.4 Å². The molecule has 108 valence electrons. The Balaban J connectivity index is 1.72. The van der Waals surface area contributed by atoms with Crippen LogP contribution in [-0.4, -0.2) is 24.1 Å². The van der Waals surface area contributed by atoms with E-state index in [9.17, 15) is 0 Å². The molecule has 0 saturated heterocycles. The highest BCUT2D eigenvalue weighted by atomic mass is 16.5. The summed E-state index contributed by atoms with van der Waals surface area (Å²) in [6.07, 6.45) is 4.73.